The maximum atomic E-state index is 11.5. The van der Waals surface area contributed by atoms with E-state index in [1.54, 1.807) is 36.7 Å². The van der Waals surface area contributed by atoms with Gasteiger partial charge < -0.3 is 10.1 Å². The maximum Gasteiger partial charge on any atom is 0.340 e. The van der Waals surface area contributed by atoms with E-state index in [1.165, 1.54) is 12.4 Å². The lowest BCUT2D eigenvalue weighted by atomic mass is 10.3. The Bertz CT molecular complexity index is 558. The Morgan fingerprint density at radius 3 is 2.47 bits per heavy atom. The minimum atomic E-state index is -0.588. The highest BCUT2D eigenvalue weighted by Crippen LogP contribution is 2.03. The average Bonchev–Trinajstić information content (AvgIpc) is 2.47. The van der Waals surface area contributed by atoms with Crippen LogP contribution in [0.5, 0.6) is 0 Å². The van der Waals surface area contributed by atoms with Crippen LogP contribution in [-0.4, -0.2) is 28.5 Å². The van der Waals surface area contributed by atoms with Crippen LogP contribution in [0.15, 0.2) is 49.1 Å². The molecule has 0 aliphatic carbocycles. The van der Waals surface area contributed by atoms with Crippen molar-refractivity contribution in [3.63, 3.8) is 0 Å². The molecule has 19 heavy (non-hydrogen) atoms. The molecular formula is C13H11N3O3. The zero-order chi connectivity index (χ0) is 13.5. The molecule has 0 aliphatic rings. The first-order valence-corrected chi connectivity index (χ1v) is 5.53. The number of aromatic nitrogens is 2. The van der Waals surface area contributed by atoms with E-state index < -0.39 is 11.9 Å². The van der Waals surface area contributed by atoms with E-state index >= 15 is 0 Å². The minimum Gasteiger partial charge on any atom is -0.452 e. The van der Waals surface area contributed by atoms with Crippen molar-refractivity contribution in [2.45, 2.75) is 0 Å². The van der Waals surface area contributed by atoms with Gasteiger partial charge in [-0.3, -0.25) is 14.8 Å². The molecule has 1 amide bonds. The van der Waals surface area contributed by atoms with Gasteiger partial charge in [0, 0.05) is 18.6 Å². The molecule has 6 heteroatoms. The second-order valence-corrected chi connectivity index (χ2v) is 3.61. The summed E-state index contributed by atoms with van der Waals surface area (Å²) in [6.45, 7) is -0.359. The highest BCUT2D eigenvalue weighted by atomic mass is 16.5. The van der Waals surface area contributed by atoms with Crippen molar-refractivity contribution in [3.05, 3.63) is 54.6 Å². The number of carbonyl (C=O) groups excluding carboxylic acids is 2. The number of nitrogens with one attached hydrogen (secondary N) is 1. The van der Waals surface area contributed by atoms with Crippen LogP contribution in [-0.2, 0) is 9.53 Å². The van der Waals surface area contributed by atoms with Gasteiger partial charge in [-0.25, -0.2) is 4.79 Å². The van der Waals surface area contributed by atoms with E-state index in [-0.39, 0.29) is 6.61 Å². The SMILES string of the molecule is O=C(COC(=O)c1cccnc1)Nc1cccnc1. The normalized spacial score (nSPS) is 9.68. The second kappa shape index (κ2) is 6.25. The summed E-state index contributed by atoms with van der Waals surface area (Å²) in [5.41, 5.74) is 0.849. The molecule has 0 saturated carbocycles. The molecule has 6 nitrogen and oxygen atoms in total. The molecule has 0 saturated heterocycles. The van der Waals surface area contributed by atoms with Crippen molar-refractivity contribution >= 4 is 17.6 Å². The topological polar surface area (TPSA) is 81.2 Å². The number of pyridine rings is 2. The molecule has 0 spiro atoms. The van der Waals surface area contributed by atoms with Crippen molar-refractivity contribution in [3.8, 4) is 0 Å². The van der Waals surface area contributed by atoms with Crippen LogP contribution in [0.2, 0.25) is 0 Å². The van der Waals surface area contributed by atoms with E-state index in [9.17, 15) is 9.59 Å². The van der Waals surface area contributed by atoms with Gasteiger partial charge in [-0.1, -0.05) is 0 Å². The smallest absolute Gasteiger partial charge is 0.340 e. The number of nitrogens with zero attached hydrogens (tertiary/aromatic N) is 2. The third-order valence-corrected chi connectivity index (χ3v) is 2.18. The van der Waals surface area contributed by atoms with Crippen LogP contribution in [0.25, 0.3) is 0 Å². The van der Waals surface area contributed by atoms with Gasteiger partial charge in [-0.15, -0.1) is 0 Å². The van der Waals surface area contributed by atoms with Gasteiger partial charge in [-0.2, -0.15) is 0 Å². The predicted octanol–water partition coefficient (Wildman–Crippen LogP) is 1.27. The third-order valence-electron chi connectivity index (χ3n) is 2.18. The molecule has 0 aromatic carbocycles. The van der Waals surface area contributed by atoms with Crippen LogP contribution in [0.3, 0.4) is 0 Å². The van der Waals surface area contributed by atoms with Crippen molar-refractivity contribution in [2.24, 2.45) is 0 Å². The minimum absolute atomic E-state index is 0.302. The monoisotopic (exact) mass is 257 g/mol. The lowest BCUT2D eigenvalue weighted by Crippen LogP contribution is -2.21. The first-order valence-electron chi connectivity index (χ1n) is 5.53. The predicted molar refractivity (Wildman–Crippen MR) is 67.4 cm³/mol. The molecule has 0 atom stereocenters. The van der Waals surface area contributed by atoms with Crippen LogP contribution < -0.4 is 5.32 Å². The Balaban J connectivity index is 1.83. The molecule has 0 fully saturated rings. The first kappa shape index (κ1) is 12.7. The average molecular weight is 257 g/mol. The van der Waals surface area contributed by atoms with E-state index in [2.05, 4.69) is 15.3 Å². The fraction of sp³-hybridized carbons (Fsp3) is 0.0769. The summed E-state index contributed by atoms with van der Waals surface area (Å²) in [5, 5.41) is 2.55. The Hall–Kier alpha value is -2.76. The largest absolute Gasteiger partial charge is 0.452 e. The third kappa shape index (κ3) is 3.88. The summed E-state index contributed by atoms with van der Waals surface area (Å²) >= 11 is 0. The number of ether oxygens (including phenoxy) is 1. The van der Waals surface area contributed by atoms with Crippen LogP contribution in [0.4, 0.5) is 5.69 Å². The van der Waals surface area contributed by atoms with E-state index in [1.807, 2.05) is 0 Å². The zero-order valence-corrected chi connectivity index (χ0v) is 9.95. The Morgan fingerprint density at radius 2 is 1.84 bits per heavy atom. The van der Waals surface area contributed by atoms with Gasteiger partial charge >= 0.3 is 5.97 Å². The highest BCUT2D eigenvalue weighted by molar-refractivity contribution is 5.95. The molecular weight excluding hydrogens is 246 g/mol. The Kier molecular flexibility index (Phi) is 4.17. The van der Waals surface area contributed by atoms with Crippen LogP contribution >= 0.6 is 0 Å². The van der Waals surface area contributed by atoms with Gasteiger partial charge in [0.2, 0.25) is 0 Å². The Labute approximate surface area is 109 Å². The first-order chi connectivity index (χ1) is 9.25. The summed E-state index contributed by atoms with van der Waals surface area (Å²) in [5.74, 6) is -1.01. The summed E-state index contributed by atoms with van der Waals surface area (Å²) in [6.07, 6.45) is 6.02. The molecule has 0 bridgehead atoms. The van der Waals surface area contributed by atoms with Crippen LogP contribution in [0.1, 0.15) is 10.4 Å². The van der Waals surface area contributed by atoms with Crippen LogP contribution in [0, 0.1) is 0 Å². The summed E-state index contributed by atoms with van der Waals surface area (Å²) in [4.78, 5) is 30.7. The molecule has 1 N–H and O–H groups in total. The van der Waals surface area contributed by atoms with Gasteiger partial charge in [0.15, 0.2) is 6.61 Å². The summed E-state index contributed by atoms with van der Waals surface area (Å²) < 4.78 is 4.85. The molecule has 0 unspecified atom stereocenters. The fourth-order valence-electron chi connectivity index (χ4n) is 1.33. The molecule has 2 rings (SSSR count). The van der Waals surface area contributed by atoms with Crippen molar-refractivity contribution in [1.29, 1.82) is 0 Å². The molecule has 2 aromatic heterocycles. The number of hydrogen-bond acceptors (Lipinski definition) is 5. The summed E-state index contributed by atoms with van der Waals surface area (Å²) in [6, 6.07) is 6.56. The lowest BCUT2D eigenvalue weighted by Gasteiger charge is -2.05. The highest BCUT2D eigenvalue weighted by Gasteiger charge is 2.10. The number of anilines is 1. The molecule has 0 radical (unpaired) electrons. The van der Waals surface area contributed by atoms with Crippen molar-refractivity contribution in [1.82, 2.24) is 9.97 Å². The van der Waals surface area contributed by atoms with E-state index in [0.29, 0.717) is 11.3 Å². The molecule has 2 heterocycles. The zero-order valence-electron chi connectivity index (χ0n) is 9.95. The molecule has 0 aliphatic heterocycles. The van der Waals surface area contributed by atoms with Crippen molar-refractivity contribution < 1.29 is 14.3 Å². The van der Waals surface area contributed by atoms with Gasteiger partial charge in [0.25, 0.3) is 5.91 Å². The molecule has 2 aromatic rings. The van der Waals surface area contributed by atoms with Crippen molar-refractivity contribution in [2.75, 3.05) is 11.9 Å². The quantitative estimate of drug-likeness (QED) is 0.834. The number of rotatable bonds is 4. The van der Waals surface area contributed by atoms with E-state index in [4.69, 9.17) is 4.74 Å². The number of amides is 1. The van der Waals surface area contributed by atoms with Gasteiger partial charge in [-0.05, 0) is 24.3 Å². The number of carbonyl (C=O) groups is 2. The number of esters is 1. The second-order valence-electron chi connectivity index (χ2n) is 3.61. The lowest BCUT2D eigenvalue weighted by molar-refractivity contribution is -0.119. The maximum absolute atomic E-state index is 11.5. The number of hydrogen-bond donors (Lipinski definition) is 1. The summed E-state index contributed by atoms with van der Waals surface area (Å²) in [7, 11) is 0. The molecule has 96 valence electrons. The standard InChI is InChI=1S/C13H11N3O3/c17-12(16-11-4-2-6-15-8-11)9-19-13(18)10-3-1-5-14-7-10/h1-8H,9H2,(H,16,17). The fourth-order valence-corrected chi connectivity index (χ4v) is 1.33. The van der Waals surface area contributed by atoms with E-state index in [0.717, 1.165) is 0 Å². The van der Waals surface area contributed by atoms with Gasteiger partial charge in [0.1, 0.15) is 0 Å². The Morgan fingerprint density at radius 1 is 1.11 bits per heavy atom. The van der Waals surface area contributed by atoms with Gasteiger partial charge in [0.05, 0.1) is 17.4 Å².